The van der Waals surface area contributed by atoms with Crippen molar-refractivity contribution in [1.82, 2.24) is 4.40 Å². The predicted octanol–water partition coefficient (Wildman–Crippen LogP) is 4.94. The Labute approximate surface area is 129 Å². The van der Waals surface area contributed by atoms with E-state index in [9.17, 15) is 4.79 Å². The maximum absolute atomic E-state index is 11.6. The molecule has 0 spiro atoms. The monoisotopic (exact) mass is 297 g/mol. The molecule has 2 heterocycles. The fourth-order valence-corrected chi connectivity index (χ4v) is 2.84. The summed E-state index contributed by atoms with van der Waals surface area (Å²) in [5.74, 6) is 0. The van der Waals surface area contributed by atoms with Gasteiger partial charge in [0.25, 0.3) is 0 Å². The second-order valence-electron chi connectivity index (χ2n) is 5.23. The highest BCUT2D eigenvalue weighted by Gasteiger charge is 2.14. The lowest BCUT2D eigenvalue weighted by molar-refractivity contribution is 0.111. The molecule has 0 unspecified atom stereocenters. The molecule has 2 nitrogen and oxygen atoms in total. The molecule has 21 heavy (non-hydrogen) atoms. The highest BCUT2D eigenvalue weighted by Crippen LogP contribution is 2.33. The summed E-state index contributed by atoms with van der Waals surface area (Å²) >= 11 is 6.32. The molecule has 0 radical (unpaired) electrons. The van der Waals surface area contributed by atoms with Crippen LogP contribution in [0.4, 0.5) is 0 Å². The zero-order valence-corrected chi connectivity index (χ0v) is 12.8. The molecule has 0 fully saturated rings. The van der Waals surface area contributed by atoms with Gasteiger partial charge < -0.3 is 4.40 Å². The van der Waals surface area contributed by atoms with Crippen LogP contribution in [0.1, 0.15) is 28.5 Å². The van der Waals surface area contributed by atoms with Gasteiger partial charge in [-0.2, -0.15) is 0 Å². The number of pyridine rings is 1. The van der Waals surface area contributed by atoms with Gasteiger partial charge in [-0.05, 0) is 43.2 Å². The lowest BCUT2D eigenvalue weighted by Gasteiger charge is -2.05. The number of halogens is 1. The Balaban J connectivity index is 2.32. The normalized spacial score (nSPS) is 11.0. The average Bonchev–Trinajstić information content (AvgIpc) is 2.86. The number of hydrogen-bond donors (Lipinski definition) is 0. The van der Waals surface area contributed by atoms with Gasteiger partial charge in [-0.3, -0.25) is 4.79 Å². The molecule has 0 aliphatic rings. The number of carbonyl (C=O) groups is 1. The van der Waals surface area contributed by atoms with E-state index in [1.165, 1.54) is 5.56 Å². The number of rotatable bonds is 3. The van der Waals surface area contributed by atoms with E-state index < -0.39 is 0 Å². The number of nitrogens with zero attached hydrogens (tertiary/aromatic N) is 1. The Kier molecular flexibility index (Phi) is 3.56. The molecule has 0 atom stereocenters. The molecule has 0 aliphatic carbocycles. The van der Waals surface area contributed by atoms with Gasteiger partial charge in [-0.1, -0.05) is 36.2 Å². The van der Waals surface area contributed by atoms with Crippen LogP contribution in [-0.2, 0) is 6.42 Å². The Morgan fingerprint density at radius 2 is 1.95 bits per heavy atom. The number of fused-ring (bicyclic) bond motifs is 1. The van der Waals surface area contributed by atoms with E-state index >= 15 is 0 Å². The fourth-order valence-electron chi connectivity index (χ4n) is 2.62. The van der Waals surface area contributed by atoms with Crippen LogP contribution in [0, 0.1) is 6.92 Å². The molecule has 0 N–H and O–H groups in total. The number of aromatic nitrogens is 1. The Bertz CT molecular complexity index is 833. The first kappa shape index (κ1) is 13.9. The standard InChI is InChI=1S/C18H16ClNO/c1-3-13-5-6-14-9-16(18(11-21)20(14)10-13)15-8-12(2)4-7-17(15)19/h4-11H,3H2,1-2H3. The summed E-state index contributed by atoms with van der Waals surface area (Å²) in [6.07, 6.45) is 3.86. The zero-order chi connectivity index (χ0) is 15.0. The fraction of sp³-hybridized carbons (Fsp3) is 0.167. The van der Waals surface area contributed by atoms with Gasteiger partial charge in [0.1, 0.15) is 0 Å². The SMILES string of the molecule is CCc1ccc2cc(-c3cc(C)ccc3Cl)c(C=O)n2c1. The molecule has 0 saturated heterocycles. The summed E-state index contributed by atoms with van der Waals surface area (Å²) in [5, 5.41) is 0.662. The van der Waals surface area contributed by atoms with Gasteiger partial charge in [-0.15, -0.1) is 0 Å². The topological polar surface area (TPSA) is 21.5 Å². The summed E-state index contributed by atoms with van der Waals surface area (Å²) in [6, 6.07) is 12.0. The van der Waals surface area contributed by atoms with E-state index in [2.05, 4.69) is 13.0 Å². The second kappa shape index (κ2) is 5.38. The van der Waals surface area contributed by atoms with E-state index in [0.29, 0.717) is 10.7 Å². The van der Waals surface area contributed by atoms with Crippen molar-refractivity contribution < 1.29 is 4.79 Å². The maximum Gasteiger partial charge on any atom is 0.167 e. The maximum atomic E-state index is 11.6. The van der Waals surface area contributed by atoms with Crippen LogP contribution in [0.15, 0.2) is 42.6 Å². The highest BCUT2D eigenvalue weighted by atomic mass is 35.5. The number of carbonyl (C=O) groups excluding carboxylic acids is 1. The van der Waals surface area contributed by atoms with Gasteiger partial charge >= 0.3 is 0 Å². The zero-order valence-electron chi connectivity index (χ0n) is 12.1. The van der Waals surface area contributed by atoms with Crippen molar-refractivity contribution in [1.29, 1.82) is 0 Å². The van der Waals surface area contributed by atoms with Crippen molar-refractivity contribution in [3.63, 3.8) is 0 Å². The minimum absolute atomic E-state index is 0.646. The summed E-state index contributed by atoms with van der Waals surface area (Å²) in [7, 11) is 0. The van der Waals surface area contributed by atoms with Crippen molar-refractivity contribution in [3.05, 3.63) is 64.4 Å². The van der Waals surface area contributed by atoms with Crippen LogP contribution in [0.5, 0.6) is 0 Å². The number of hydrogen-bond acceptors (Lipinski definition) is 1. The van der Waals surface area contributed by atoms with Gasteiger partial charge in [0.15, 0.2) is 6.29 Å². The minimum Gasteiger partial charge on any atom is -0.313 e. The van der Waals surface area contributed by atoms with Crippen LogP contribution in [0.2, 0.25) is 5.02 Å². The number of aldehydes is 1. The second-order valence-corrected chi connectivity index (χ2v) is 5.64. The Morgan fingerprint density at radius 1 is 1.14 bits per heavy atom. The lowest BCUT2D eigenvalue weighted by atomic mass is 10.0. The van der Waals surface area contributed by atoms with Crippen LogP contribution >= 0.6 is 11.6 Å². The molecule has 0 bridgehead atoms. The molecule has 1 aromatic carbocycles. The third kappa shape index (κ3) is 2.36. The van der Waals surface area contributed by atoms with Crippen LogP contribution < -0.4 is 0 Å². The number of aryl methyl sites for hydroxylation is 2. The average molecular weight is 298 g/mol. The van der Waals surface area contributed by atoms with Crippen molar-refractivity contribution in [2.45, 2.75) is 20.3 Å². The Morgan fingerprint density at radius 3 is 2.67 bits per heavy atom. The van der Waals surface area contributed by atoms with E-state index in [-0.39, 0.29) is 0 Å². The number of benzene rings is 1. The van der Waals surface area contributed by atoms with Crippen molar-refractivity contribution >= 4 is 23.4 Å². The van der Waals surface area contributed by atoms with E-state index in [1.807, 2.05) is 47.9 Å². The van der Waals surface area contributed by atoms with E-state index in [4.69, 9.17) is 11.6 Å². The Hall–Kier alpha value is -2.06. The molecule has 2 aromatic heterocycles. The van der Waals surface area contributed by atoms with E-state index in [0.717, 1.165) is 34.9 Å². The molecule has 3 aromatic rings. The quantitative estimate of drug-likeness (QED) is 0.627. The predicted molar refractivity (Wildman–Crippen MR) is 87.3 cm³/mol. The van der Waals surface area contributed by atoms with Gasteiger partial charge in [-0.25, -0.2) is 0 Å². The van der Waals surface area contributed by atoms with Crippen LogP contribution in [0.25, 0.3) is 16.6 Å². The first-order chi connectivity index (χ1) is 10.1. The van der Waals surface area contributed by atoms with Crippen molar-refractivity contribution in [2.75, 3.05) is 0 Å². The molecule has 3 heteroatoms. The molecule has 3 rings (SSSR count). The molecule has 0 amide bonds. The van der Waals surface area contributed by atoms with Crippen LogP contribution in [0.3, 0.4) is 0 Å². The molecule has 106 valence electrons. The summed E-state index contributed by atoms with van der Waals surface area (Å²) in [5.41, 5.74) is 5.75. The summed E-state index contributed by atoms with van der Waals surface area (Å²) in [6.45, 7) is 4.12. The van der Waals surface area contributed by atoms with Crippen molar-refractivity contribution in [2.24, 2.45) is 0 Å². The van der Waals surface area contributed by atoms with E-state index in [1.54, 1.807) is 0 Å². The summed E-state index contributed by atoms with van der Waals surface area (Å²) in [4.78, 5) is 11.6. The van der Waals surface area contributed by atoms with Gasteiger partial charge in [0.05, 0.1) is 5.69 Å². The largest absolute Gasteiger partial charge is 0.313 e. The molecule has 0 aliphatic heterocycles. The smallest absolute Gasteiger partial charge is 0.167 e. The van der Waals surface area contributed by atoms with Gasteiger partial charge in [0, 0.05) is 27.9 Å². The third-order valence-electron chi connectivity index (χ3n) is 3.80. The molecular weight excluding hydrogens is 282 g/mol. The lowest BCUT2D eigenvalue weighted by Crippen LogP contribution is -1.94. The first-order valence-corrected chi connectivity index (χ1v) is 7.37. The van der Waals surface area contributed by atoms with Crippen LogP contribution in [-0.4, -0.2) is 10.7 Å². The third-order valence-corrected chi connectivity index (χ3v) is 4.13. The summed E-state index contributed by atoms with van der Waals surface area (Å²) < 4.78 is 1.94. The highest BCUT2D eigenvalue weighted by molar-refractivity contribution is 6.33. The van der Waals surface area contributed by atoms with Crippen molar-refractivity contribution in [3.8, 4) is 11.1 Å². The molecular formula is C18H16ClNO. The minimum atomic E-state index is 0.646. The molecule has 0 saturated carbocycles. The first-order valence-electron chi connectivity index (χ1n) is 6.99. The van der Waals surface area contributed by atoms with Gasteiger partial charge in [0.2, 0.25) is 0 Å².